The molecule has 0 aliphatic heterocycles. The molecule has 0 fully saturated rings. The first-order valence-electron chi connectivity index (χ1n) is 4.58. The molecular formula is C10H12N2O3. The first-order chi connectivity index (χ1) is 7.20. The molecule has 5 heteroatoms. The standard InChI is InChI=1S/C10H12N2O3/c1-3-7(10(14)15-2)9(13)8-6-11-4-5-12-8/h4-7H,3H2,1-2H3/t7-/m0/s1. The van der Waals surface area contributed by atoms with Gasteiger partial charge in [0, 0.05) is 12.4 Å². The van der Waals surface area contributed by atoms with E-state index in [1.165, 1.54) is 25.7 Å². The van der Waals surface area contributed by atoms with E-state index in [4.69, 9.17) is 0 Å². The second kappa shape index (κ2) is 5.19. The Bertz CT molecular complexity index is 351. The molecule has 1 aromatic heterocycles. The van der Waals surface area contributed by atoms with Crippen LogP contribution in [0.4, 0.5) is 0 Å². The summed E-state index contributed by atoms with van der Waals surface area (Å²) in [7, 11) is 1.26. The van der Waals surface area contributed by atoms with Crippen molar-refractivity contribution < 1.29 is 14.3 Å². The van der Waals surface area contributed by atoms with Crippen molar-refractivity contribution in [2.24, 2.45) is 5.92 Å². The van der Waals surface area contributed by atoms with Crippen LogP contribution in [0.5, 0.6) is 0 Å². The molecule has 1 atom stereocenters. The van der Waals surface area contributed by atoms with Crippen LogP contribution in [0.2, 0.25) is 0 Å². The van der Waals surface area contributed by atoms with Crippen LogP contribution in [-0.4, -0.2) is 28.8 Å². The van der Waals surface area contributed by atoms with E-state index in [2.05, 4.69) is 14.7 Å². The molecule has 15 heavy (non-hydrogen) atoms. The highest BCUT2D eigenvalue weighted by Gasteiger charge is 2.27. The normalized spacial score (nSPS) is 11.9. The lowest BCUT2D eigenvalue weighted by Crippen LogP contribution is -2.25. The van der Waals surface area contributed by atoms with Crippen molar-refractivity contribution >= 4 is 11.8 Å². The van der Waals surface area contributed by atoms with Gasteiger partial charge in [-0.25, -0.2) is 4.98 Å². The van der Waals surface area contributed by atoms with Crippen LogP contribution >= 0.6 is 0 Å². The summed E-state index contributed by atoms with van der Waals surface area (Å²) >= 11 is 0. The third kappa shape index (κ3) is 2.59. The third-order valence-corrected chi connectivity index (χ3v) is 2.03. The molecular weight excluding hydrogens is 196 g/mol. The van der Waals surface area contributed by atoms with Gasteiger partial charge in [0.2, 0.25) is 0 Å². The quantitative estimate of drug-likeness (QED) is 0.417. The highest BCUT2D eigenvalue weighted by molar-refractivity contribution is 6.07. The minimum atomic E-state index is -0.785. The van der Waals surface area contributed by atoms with Crippen molar-refractivity contribution in [1.82, 2.24) is 9.97 Å². The summed E-state index contributed by atoms with van der Waals surface area (Å²) in [4.78, 5) is 30.7. The lowest BCUT2D eigenvalue weighted by molar-refractivity contribution is -0.143. The molecule has 1 heterocycles. The Balaban J connectivity index is 2.87. The predicted octanol–water partition coefficient (Wildman–Crippen LogP) is 0.859. The highest BCUT2D eigenvalue weighted by atomic mass is 16.5. The third-order valence-electron chi connectivity index (χ3n) is 2.03. The number of rotatable bonds is 4. The van der Waals surface area contributed by atoms with Gasteiger partial charge >= 0.3 is 5.97 Å². The fraction of sp³-hybridized carbons (Fsp3) is 0.400. The van der Waals surface area contributed by atoms with Crippen molar-refractivity contribution in [3.05, 3.63) is 24.3 Å². The van der Waals surface area contributed by atoms with Gasteiger partial charge in [-0.2, -0.15) is 0 Å². The number of hydrogen-bond acceptors (Lipinski definition) is 5. The molecule has 0 bridgehead atoms. The number of Topliss-reactive ketones (excluding diaryl/α,β-unsaturated/α-hetero) is 1. The van der Waals surface area contributed by atoms with E-state index in [-0.39, 0.29) is 11.5 Å². The van der Waals surface area contributed by atoms with Gasteiger partial charge in [0.1, 0.15) is 11.6 Å². The van der Waals surface area contributed by atoms with Crippen LogP contribution in [0.3, 0.4) is 0 Å². The number of aromatic nitrogens is 2. The van der Waals surface area contributed by atoms with E-state index in [0.717, 1.165) is 0 Å². The van der Waals surface area contributed by atoms with Gasteiger partial charge in [-0.15, -0.1) is 0 Å². The molecule has 0 saturated heterocycles. The van der Waals surface area contributed by atoms with Gasteiger partial charge < -0.3 is 4.74 Å². The maximum atomic E-state index is 11.8. The van der Waals surface area contributed by atoms with E-state index in [0.29, 0.717) is 6.42 Å². The van der Waals surface area contributed by atoms with Crippen LogP contribution in [0.15, 0.2) is 18.6 Å². The number of carbonyl (C=O) groups is 2. The number of ether oxygens (including phenoxy) is 1. The van der Waals surface area contributed by atoms with Crippen LogP contribution in [-0.2, 0) is 9.53 Å². The van der Waals surface area contributed by atoms with E-state index < -0.39 is 11.9 Å². The van der Waals surface area contributed by atoms with Gasteiger partial charge in [0.05, 0.1) is 13.3 Å². The molecule has 0 aromatic carbocycles. The molecule has 5 nitrogen and oxygen atoms in total. The Morgan fingerprint density at radius 2 is 2.20 bits per heavy atom. The van der Waals surface area contributed by atoms with Gasteiger partial charge in [-0.1, -0.05) is 6.92 Å². The summed E-state index contributed by atoms with van der Waals surface area (Å²) in [5.74, 6) is -1.67. The molecule has 1 rings (SSSR count). The predicted molar refractivity (Wildman–Crippen MR) is 52.2 cm³/mol. The van der Waals surface area contributed by atoms with Crippen LogP contribution in [0.1, 0.15) is 23.8 Å². The largest absolute Gasteiger partial charge is 0.468 e. The Kier molecular flexibility index (Phi) is 3.91. The van der Waals surface area contributed by atoms with E-state index in [9.17, 15) is 9.59 Å². The summed E-state index contributed by atoms with van der Waals surface area (Å²) < 4.78 is 4.54. The van der Waals surface area contributed by atoms with Crippen LogP contribution < -0.4 is 0 Å². The van der Waals surface area contributed by atoms with Crippen molar-refractivity contribution in [2.45, 2.75) is 13.3 Å². The zero-order chi connectivity index (χ0) is 11.3. The SMILES string of the molecule is CC[C@H](C(=O)OC)C(=O)c1cnccn1. The lowest BCUT2D eigenvalue weighted by Gasteiger charge is -2.09. The number of esters is 1. The summed E-state index contributed by atoms with van der Waals surface area (Å²) in [5, 5.41) is 0. The Labute approximate surface area is 87.5 Å². The average molecular weight is 208 g/mol. The van der Waals surface area contributed by atoms with Crippen molar-refractivity contribution in [1.29, 1.82) is 0 Å². The maximum absolute atomic E-state index is 11.8. The molecule has 0 aliphatic carbocycles. The molecule has 0 N–H and O–H groups in total. The molecule has 1 aromatic rings. The van der Waals surface area contributed by atoms with Gasteiger partial charge in [-0.05, 0) is 6.42 Å². The monoisotopic (exact) mass is 208 g/mol. The minimum Gasteiger partial charge on any atom is -0.468 e. The topological polar surface area (TPSA) is 69.2 Å². The average Bonchev–Trinajstić information content (AvgIpc) is 2.30. The smallest absolute Gasteiger partial charge is 0.316 e. The Morgan fingerprint density at radius 1 is 1.47 bits per heavy atom. The molecule has 0 aliphatic rings. The zero-order valence-corrected chi connectivity index (χ0v) is 8.64. The molecule has 0 spiro atoms. The number of hydrogen-bond donors (Lipinski definition) is 0. The van der Waals surface area contributed by atoms with Crippen LogP contribution in [0, 0.1) is 5.92 Å². The second-order valence-corrected chi connectivity index (χ2v) is 2.94. The van der Waals surface area contributed by atoms with E-state index in [1.807, 2.05) is 0 Å². The number of nitrogens with zero attached hydrogens (tertiary/aromatic N) is 2. The Hall–Kier alpha value is -1.78. The highest BCUT2D eigenvalue weighted by Crippen LogP contribution is 2.11. The van der Waals surface area contributed by atoms with Crippen molar-refractivity contribution in [2.75, 3.05) is 7.11 Å². The maximum Gasteiger partial charge on any atom is 0.316 e. The van der Waals surface area contributed by atoms with Gasteiger partial charge in [0.15, 0.2) is 5.78 Å². The van der Waals surface area contributed by atoms with Crippen LogP contribution in [0.25, 0.3) is 0 Å². The molecule has 0 radical (unpaired) electrons. The Morgan fingerprint density at radius 3 is 2.67 bits per heavy atom. The van der Waals surface area contributed by atoms with Gasteiger partial charge in [-0.3, -0.25) is 14.6 Å². The van der Waals surface area contributed by atoms with Crippen molar-refractivity contribution in [3.8, 4) is 0 Å². The fourth-order valence-electron chi connectivity index (χ4n) is 1.21. The number of carbonyl (C=O) groups excluding carboxylic acids is 2. The van der Waals surface area contributed by atoms with Gasteiger partial charge in [0.25, 0.3) is 0 Å². The number of ketones is 1. The summed E-state index contributed by atoms with van der Waals surface area (Å²) in [5.41, 5.74) is 0.190. The zero-order valence-electron chi connectivity index (χ0n) is 8.64. The molecule has 0 amide bonds. The van der Waals surface area contributed by atoms with E-state index >= 15 is 0 Å². The fourth-order valence-corrected chi connectivity index (χ4v) is 1.21. The molecule has 0 unspecified atom stereocenters. The lowest BCUT2D eigenvalue weighted by atomic mass is 9.99. The summed E-state index contributed by atoms with van der Waals surface area (Å²) in [6, 6.07) is 0. The van der Waals surface area contributed by atoms with E-state index in [1.54, 1.807) is 6.92 Å². The first kappa shape index (κ1) is 11.3. The minimum absolute atomic E-state index is 0.190. The summed E-state index contributed by atoms with van der Waals surface area (Å²) in [6.45, 7) is 1.75. The molecule has 0 saturated carbocycles. The van der Waals surface area contributed by atoms with Crippen molar-refractivity contribution in [3.63, 3.8) is 0 Å². The molecule has 80 valence electrons. The summed E-state index contributed by atoms with van der Waals surface area (Å²) in [6.07, 6.45) is 4.61. The second-order valence-electron chi connectivity index (χ2n) is 2.94. The number of methoxy groups -OCH3 is 1. The first-order valence-corrected chi connectivity index (χ1v) is 4.58.